The van der Waals surface area contributed by atoms with Gasteiger partial charge in [-0.15, -0.1) is 0 Å². The predicted octanol–water partition coefficient (Wildman–Crippen LogP) is 16.5. The van der Waals surface area contributed by atoms with Gasteiger partial charge in [-0.25, -0.2) is 0 Å². The zero-order valence-electron chi connectivity index (χ0n) is 40.5. The molecule has 0 saturated heterocycles. The van der Waals surface area contributed by atoms with Crippen LogP contribution in [-0.2, 0) is 28.6 Å². The predicted molar refractivity (Wildman–Crippen MR) is 274 cm³/mol. The summed E-state index contributed by atoms with van der Waals surface area (Å²) in [7, 11) is 0. The highest BCUT2D eigenvalue weighted by atomic mass is 16.6. The quantitative estimate of drug-likeness (QED) is 0.0263. The fourth-order valence-electron chi connectivity index (χ4n) is 6.16. The zero-order chi connectivity index (χ0) is 46.5. The minimum atomic E-state index is -0.815. The van der Waals surface area contributed by atoms with Gasteiger partial charge >= 0.3 is 17.9 Å². The van der Waals surface area contributed by atoms with Crippen molar-refractivity contribution in [1.82, 2.24) is 0 Å². The van der Waals surface area contributed by atoms with Gasteiger partial charge in [0.25, 0.3) is 0 Å². The molecule has 0 rings (SSSR count). The normalized spacial score (nSPS) is 13.4. The van der Waals surface area contributed by atoms with E-state index in [0.29, 0.717) is 12.8 Å². The van der Waals surface area contributed by atoms with E-state index in [1.807, 2.05) is 109 Å². The molecule has 0 bridgehead atoms. The second-order valence-electron chi connectivity index (χ2n) is 16.0. The van der Waals surface area contributed by atoms with E-state index in [-0.39, 0.29) is 37.5 Å². The van der Waals surface area contributed by atoms with Crippen molar-refractivity contribution in [3.05, 3.63) is 146 Å². The molecule has 0 radical (unpaired) electrons. The molecule has 0 amide bonds. The second-order valence-corrected chi connectivity index (χ2v) is 16.0. The van der Waals surface area contributed by atoms with E-state index in [2.05, 4.69) is 57.2 Å². The summed E-state index contributed by atoms with van der Waals surface area (Å²) >= 11 is 0. The van der Waals surface area contributed by atoms with Crippen LogP contribution in [0, 0.1) is 0 Å². The van der Waals surface area contributed by atoms with Gasteiger partial charge in [0, 0.05) is 19.3 Å². The van der Waals surface area contributed by atoms with Crippen molar-refractivity contribution in [3.8, 4) is 0 Å². The van der Waals surface area contributed by atoms with Crippen LogP contribution in [0.5, 0.6) is 0 Å². The molecule has 0 aliphatic carbocycles. The maximum absolute atomic E-state index is 12.8. The molecule has 1 atom stereocenters. The fourth-order valence-corrected chi connectivity index (χ4v) is 6.16. The van der Waals surface area contributed by atoms with E-state index in [1.54, 1.807) is 0 Å². The third-order valence-corrected chi connectivity index (χ3v) is 9.88. The average molecular weight is 881 g/mol. The number of rotatable bonds is 42. The van der Waals surface area contributed by atoms with Crippen LogP contribution in [0.15, 0.2) is 146 Å². The Labute approximate surface area is 391 Å². The first-order chi connectivity index (χ1) is 31.5. The van der Waals surface area contributed by atoms with Gasteiger partial charge in [0.1, 0.15) is 13.2 Å². The number of allylic oxidation sites excluding steroid dienone is 24. The maximum atomic E-state index is 12.8. The van der Waals surface area contributed by atoms with Gasteiger partial charge in [-0.1, -0.05) is 250 Å². The van der Waals surface area contributed by atoms with Crippen LogP contribution in [0.3, 0.4) is 0 Å². The minimum absolute atomic E-state index is 0.109. The number of hydrogen-bond acceptors (Lipinski definition) is 6. The fraction of sp³-hybridized carbons (Fsp3) is 0.534. The van der Waals surface area contributed by atoms with Crippen LogP contribution in [0.1, 0.15) is 181 Å². The highest BCUT2D eigenvalue weighted by Gasteiger charge is 2.19. The van der Waals surface area contributed by atoms with E-state index < -0.39 is 6.10 Å². The van der Waals surface area contributed by atoms with E-state index in [0.717, 1.165) is 96.3 Å². The first kappa shape index (κ1) is 59.3. The largest absolute Gasteiger partial charge is 0.462 e. The molecule has 0 aromatic carbocycles. The molecular weight excluding hydrogens is 793 g/mol. The second kappa shape index (κ2) is 50.9. The third-order valence-electron chi connectivity index (χ3n) is 9.88. The summed E-state index contributed by atoms with van der Waals surface area (Å²) in [6.07, 6.45) is 72.5. The number of esters is 3. The van der Waals surface area contributed by atoms with Crippen LogP contribution in [0.25, 0.3) is 0 Å². The Morgan fingerprint density at radius 2 is 0.641 bits per heavy atom. The van der Waals surface area contributed by atoms with Crippen molar-refractivity contribution in [2.24, 2.45) is 0 Å². The minimum Gasteiger partial charge on any atom is -0.462 e. The van der Waals surface area contributed by atoms with Crippen molar-refractivity contribution in [3.63, 3.8) is 0 Å². The lowest BCUT2D eigenvalue weighted by Gasteiger charge is -2.18. The van der Waals surface area contributed by atoms with Gasteiger partial charge in [0.05, 0.1) is 0 Å². The molecule has 0 N–H and O–H groups in total. The van der Waals surface area contributed by atoms with Gasteiger partial charge in [-0.05, 0) is 57.8 Å². The Hall–Kier alpha value is -4.71. The number of unbranched alkanes of at least 4 members (excludes halogenated alkanes) is 17. The number of hydrogen-bond donors (Lipinski definition) is 0. The van der Waals surface area contributed by atoms with Crippen molar-refractivity contribution >= 4 is 17.9 Å². The van der Waals surface area contributed by atoms with Crippen LogP contribution >= 0.6 is 0 Å². The summed E-state index contributed by atoms with van der Waals surface area (Å²) < 4.78 is 16.7. The number of ether oxygens (including phenoxy) is 3. The van der Waals surface area contributed by atoms with Crippen molar-refractivity contribution < 1.29 is 28.6 Å². The molecule has 64 heavy (non-hydrogen) atoms. The van der Waals surface area contributed by atoms with Crippen LogP contribution in [0.2, 0.25) is 0 Å². The monoisotopic (exact) mass is 881 g/mol. The Morgan fingerprint density at radius 1 is 0.328 bits per heavy atom. The Bertz CT molecular complexity index is 1480. The Morgan fingerprint density at radius 3 is 1.03 bits per heavy atom. The molecule has 6 heteroatoms. The number of carbonyl (C=O) groups is 3. The summed E-state index contributed by atoms with van der Waals surface area (Å²) in [5.41, 5.74) is 0. The lowest BCUT2D eigenvalue weighted by molar-refractivity contribution is -0.167. The molecular formula is C58H88O6. The summed E-state index contributed by atoms with van der Waals surface area (Å²) in [5.74, 6) is -0.997. The molecule has 0 saturated carbocycles. The standard InChI is InChI=1S/C58H88O6/c1-4-7-10-13-16-19-21-23-25-27-29-31-32-34-36-39-42-45-48-51-57(60)63-54-55(53-62-56(59)50-47-44-41-38-18-15-12-9-6-3)64-58(61)52-49-46-43-40-37-35-33-30-28-26-24-22-20-17-14-11-8-5-2/h7,10-11,13-14,16-17,19-34,36,55H,4-6,8-9,12,15,18,35,37-54H2,1-3H3/b10-7-,14-11-,16-13-,20-17-,21-19-,24-22-,25-23-,28-26-,29-27+,32-31-,33-30-,36-34-. The molecule has 6 nitrogen and oxygen atoms in total. The van der Waals surface area contributed by atoms with Crippen LogP contribution in [-0.4, -0.2) is 37.2 Å². The Balaban J connectivity index is 4.54. The zero-order valence-corrected chi connectivity index (χ0v) is 40.5. The summed E-state index contributed by atoms with van der Waals surface area (Å²) in [5, 5.41) is 0. The first-order valence-corrected chi connectivity index (χ1v) is 25.0. The molecule has 0 spiro atoms. The molecule has 1 unspecified atom stereocenters. The molecule has 0 aromatic heterocycles. The highest BCUT2D eigenvalue weighted by Crippen LogP contribution is 2.13. The molecule has 356 valence electrons. The lowest BCUT2D eigenvalue weighted by Crippen LogP contribution is -2.30. The van der Waals surface area contributed by atoms with E-state index in [1.165, 1.54) is 44.9 Å². The third kappa shape index (κ3) is 48.3. The van der Waals surface area contributed by atoms with Gasteiger partial charge in [0.15, 0.2) is 6.10 Å². The SMILES string of the molecule is CC\C=C/C=C\C=C/C=C\C=C\C=C/C=C\CCCCCC(=O)OCC(COC(=O)CCCCCCCCCCC)OC(=O)CCCCCCC\C=C/C=C\C=C/C=C\C=C/CCC. The number of carbonyl (C=O) groups excluding carboxylic acids is 3. The van der Waals surface area contributed by atoms with Gasteiger partial charge in [-0.3, -0.25) is 14.4 Å². The van der Waals surface area contributed by atoms with Crippen LogP contribution in [0.4, 0.5) is 0 Å². The maximum Gasteiger partial charge on any atom is 0.306 e. The topological polar surface area (TPSA) is 78.9 Å². The van der Waals surface area contributed by atoms with Crippen molar-refractivity contribution in [2.75, 3.05) is 13.2 Å². The summed E-state index contributed by atoms with van der Waals surface area (Å²) in [6.45, 7) is 6.29. The van der Waals surface area contributed by atoms with Gasteiger partial charge < -0.3 is 14.2 Å². The average Bonchev–Trinajstić information content (AvgIpc) is 3.29. The summed E-state index contributed by atoms with van der Waals surface area (Å²) in [6, 6.07) is 0. The van der Waals surface area contributed by atoms with Crippen molar-refractivity contribution in [1.29, 1.82) is 0 Å². The smallest absolute Gasteiger partial charge is 0.306 e. The van der Waals surface area contributed by atoms with Gasteiger partial charge in [0.2, 0.25) is 0 Å². The molecule has 0 aromatic rings. The van der Waals surface area contributed by atoms with Crippen LogP contribution < -0.4 is 0 Å². The molecule has 0 aliphatic rings. The van der Waals surface area contributed by atoms with E-state index >= 15 is 0 Å². The molecule has 0 heterocycles. The highest BCUT2D eigenvalue weighted by molar-refractivity contribution is 5.71. The molecule has 0 fully saturated rings. The Kier molecular flexibility index (Phi) is 47.2. The molecule has 0 aliphatic heterocycles. The lowest BCUT2D eigenvalue weighted by atomic mass is 10.1. The van der Waals surface area contributed by atoms with E-state index in [9.17, 15) is 14.4 Å². The first-order valence-electron chi connectivity index (χ1n) is 25.0. The van der Waals surface area contributed by atoms with Gasteiger partial charge in [-0.2, -0.15) is 0 Å². The van der Waals surface area contributed by atoms with Crippen molar-refractivity contribution in [2.45, 2.75) is 187 Å². The summed E-state index contributed by atoms with van der Waals surface area (Å²) in [4.78, 5) is 37.9. The van der Waals surface area contributed by atoms with E-state index in [4.69, 9.17) is 14.2 Å².